The van der Waals surface area contributed by atoms with Crippen LogP contribution in [0.1, 0.15) is 34.3 Å². The zero-order valence-corrected chi connectivity index (χ0v) is 16.4. The van der Waals surface area contributed by atoms with Crippen molar-refractivity contribution in [2.45, 2.75) is 18.6 Å². The lowest BCUT2D eigenvalue weighted by atomic mass is 10.0. The molecular formula is C21H18F2N4O4. The van der Waals surface area contributed by atoms with Gasteiger partial charge in [-0.05, 0) is 36.2 Å². The Morgan fingerprint density at radius 2 is 2.06 bits per heavy atom. The fourth-order valence-corrected chi connectivity index (χ4v) is 3.61. The summed E-state index contributed by atoms with van der Waals surface area (Å²) in [6.45, 7) is 0.352. The number of nitro groups is 1. The molecule has 0 amide bonds. The molecule has 2 aromatic carbocycles. The first kappa shape index (κ1) is 20.6. The second kappa shape index (κ2) is 8.23. The number of aryl methyl sites for hydroxylation is 1. The Labute approximate surface area is 175 Å². The zero-order chi connectivity index (χ0) is 22.1. The largest absolute Gasteiger partial charge is 0.374 e. The molecule has 1 N–H and O–H groups in total. The van der Waals surface area contributed by atoms with Crippen LogP contribution < -0.4 is 5.32 Å². The van der Waals surface area contributed by atoms with Crippen molar-refractivity contribution in [1.82, 2.24) is 9.55 Å². The Kier molecular flexibility index (Phi) is 5.47. The Morgan fingerprint density at radius 3 is 2.74 bits per heavy atom. The van der Waals surface area contributed by atoms with Gasteiger partial charge in [-0.1, -0.05) is 6.07 Å². The predicted molar refractivity (Wildman–Crippen MR) is 107 cm³/mol. The van der Waals surface area contributed by atoms with Gasteiger partial charge in [-0.2, -0.15) is 0 Å². The third-order valence-corrected chi connectivity index (χ3v) is 5.19. The highest BCUT2D eigenvalue weighted by Crippen LogP contribution is 2.35. The molecule has 2 atom stereocenters. The number of benzene rings is 2. The lowest BCUT2D eigenvalue weighted by Gasteiger charge is -2.21. The Hall–Kier alpha value is -3.66. The average Bonchev–Trinajstić information content (AvgIpc) is 3.38. The zero-order valence-electron chi connectivity index (χ0n) is 16.4. The molecule has 1 aromatic heterocycles. The van der Waals surface area contributed by atoms with E-state index >= 15 is 0 Å². The number of rotatable bonds is 6. The van der Waals surface area contributed by atoms with Crippen LogP contribution in [0.4, 0.5) is 20.2 Å². The van der Waals surface area contributed by atoms with Gasteiger partial charge in [0.25, 0.3) is 5.69 Å². The summed E-state index contributed by atoms with van der Waals surface area (Å²) in [6, 6.07) is 7.23. The van der Waals surface area contributed by atoms with Crippen LogP contribution in [0.5, 0.6) is 0 Å². The van der Waals surface area contributed by atoms with E-state index in [1.807, 2.05) is 0 Å². The highest BCUT2D eigenvalue weighted by Gasteiger charge is 2.32. The smallest absolute Gasteiger partial charge is 0.293 e. The van der Waals surface area contributed by atoms with Crippen LogP contribution in [0, 0.1) is 21.7 Å². The third-order valence-electron chi connectivity index (χ3n) is 5.19. The van der Waals surface area contributed by atoms with Crippen LogP contribution in [-0.2, 0) is 11.8 Å². The first-order valence-corrected chi connectivity index (χ1v) is 9.48. The number of imidazole rings is 1. The first-order chi connectivity index (χ1) is 14.8. The molecular weight excluding hydrogens is 410 g/mol. The lowest BCUT2D eigenvalue weighted by Crippen LogP contribution is -2.24. The maximum Gasteiger partial charge on any atom is 0.293 e. The predicted octanol–water partition coefficient (Wildman–Crippen LogP) is 3.78. The summed E-state index contributed by atoms with van der Waals surface area (Å²) < 4.78 is 34.1. The molecule has 0 radical (unpaired) electrons. The number of carbonyl (C=O) groups is 1. The number of aromatic nitrogens is 2. The highest BCUT2D eigenvalue weighted by atomic mass is 19.2. The highest BCUT2D eigenvalue weighted by molar-refractivity contribution is 6.07. The minimum Gasteiger partial charge on any atom is -0.374 e. The fraction of sp³-hybridized carbons (Fsp3) is 0.238. The van der Waals surface area contributed by atoms with E-state index in [4.69, 9.17) is 4.74 Å². The number of nitro benzene ring substituents is 1. The van der Waals surface area contributed by atoms with Gasteiger partial charge in [0.05, 0.1) is 11.0 Å². The van der Waals surface area contributed by atoms with Crippen molar-refractivity contribution in [3.05, 3.63) is 87.5 Å². The van der Waals surface area contributed by atoms with E-state index in [2.05, 4.69) is 10.3 Å². The molecule has 160 valence electrons. The lowest BCUT2D eigenvalue weighted by molar-refractivity contribution is -0.384. The number of ketones is 1. The molecule has 1 fully saturated rings. The first-order valence-electron chi connectivity index (χ1n) is 9.48. The molecule has 0 spiro atoms. The van der Waals surface area contributed by atoms with E-state index in [0.717, 1.165) is 12.1 Å². The van der Waals surface area contributed by atoms with Gasteiger partial charge in [-0.15, -0.1) is 0 Å². The number of hydrogen-bond acceptors (Lipinski definition) is 6. The number of ether oxygens (including phenoxy) is 1. The Balaban J connectivity index is 1.61. The molecule has 2 heterocycles. The van der Waals surface area contributed by atoms with E-state index < -0.39 is 34.5 Å². The van der Waals surface area contributed by atoms with Crippen molar-refractivity contribution in [2.75, 3.05) is 11.9 Å². The van der Waals surface area contributed by atoms with Crippen molar-refractivity contribution < 1.29 is 23.2 Å². The van der Waals surface area contributed by atoms with E-state index in [1.54, 1.807) is 13.2 Å². The van der Waals surface area contributed by atoms with Gasteiger partial charge in [0.1, 0.15) is 11.8 Å². The monoisotopic (exact) mass is 428 g/mol. The second-order valence-electron chi connectivity index (χ2n) is 7.18. The minimum absolute atomic E-state index is 0.131. The summed E-state index contributed by atoms with van der Waals surface area (Å²) in [6.07, 6.45) is 2.98. The summed E-state index contributed by atoms with van der Waals surface area (Å²) in [5.74, 6) is -2.23. The van der Waals surface area contributed by atoms with Gasteiger partial charge in [0, 0.05) is 37.7 Å². The SMILES string of the molecule is Cn1ccnc1C(=O)c1ccc(NC2CCOC2c2ccc(F)c(F)c2)c([N+](=O)[O-])c1. The molecule has 3 aromatic rings. The molecule has 31 heavy (non-hydrogen) atoms. The number of carbonyl (C=O) groups excluding carboxylic acids is 1. The standard InChI is InChI=1S/C21H18F2N4O4/c1-26-8-7-24-21(26)19(28)12-3-5-16(18(11-12)27(29)30)25-17-6-9-31-20(17)13-2-4-14(22)15(23)10-13/h2-5,7-8,10-11,17,20,25H,6,9H2,1H3. The average molecular weight is 428 g/mol. The molecule has 1 aliphatic heterocycles. The minimum atomic E-state index is -0.991. The van der Waals surface area contributed by atoms with Gasteiger partial charge in [0.15, 0.2) is 17.5 Å². The van der Waals surface area contributed by atoms with Crippen molar-refractivity contribution >= 4 is 17.2 Å². The molecule has 2 unspecified atom stereocenters. The fourth-order valence-electron chi connectivity index (χ4n) is 3.61. The van der Waals surface area contributed by atoms with E-state index in [9.17, 15) is 23.7 Å². The van der Waals surface area contributed by atoms with Crippen LogP contribution in [0.25, 0.3) is 0 Å². The number of nitrogens with one attached hydrogen (secondary N) is 1. The Bertz CT molecular complexity index is 1160. The van der Waals surface area contributed by atoms with E-state index in [1.165, 1.54) is 35.0 Å². The van der Waals surface area contributed by atoms with Crippen LogP contribution in [0.15, 0.2) is 48.8 Å². The van der Waals surface area contributed by atoms with E-state index in [0.29, 0.717) is 18.6 Å². The van der Waals surface area contributed by atoms with Crippen molar-refractivity contribution in [1.29, 1.82) is 0 Å². The van der Waals surface area contributed by atoms with Crippen molar-refractivity contribution in [3.63, 3.8) is 0 Å². The number of hydrogen-bond donors (Lipinski definition) is 1. The summed E-state index contributed by atoms with van der Waals surface area (Å²) in [5.41, 5.74) is 0.477. The van der Waals surface area contributed by atoms with Crippen LogP contribution in [-0.4, -0.2) is 32.9 Å². The topological polar surface area (TPSA) is 99.3 Å². The van der Waals surface area contributed by atoms with Gasteiger partial charge in [0.2, 0.25) is 5.78 Å². The number of nitrogens with zero attached hydrogens (tertiary/aromatic N) is 3. The summed E-state index contributed by atoms with van der Waals surface area (Å²) >= 11 is 0. The second-order valence-corrected chi connectivity index (χ2v) is 7.18. The summed E-state index contributed by atoms with van der Waals surface area (Å²) in [5, 5.41) is 14.7. The molecule has 0 saturated carbocycles. The number of anilines is 1. The summed E-state index contributed by atoms with van der Waals surface area (Å²) in [4.78, 5) is 27.7. The molecule has 10 heteroatoms. The molecule has 1 saturated heterocycles. The summed E-state index contributed by atoms with van der Waals surface area (Å²) in [7, 11) is 1.66. The van der Waals surface area contributed by atoms with Gasteiger partial charge >= 0.3 is 0 Å². The molecule has 1 aliphatic rings. The van der Waals surface area contributed by atoms with Gasteiger partial charge in [-0.3, -0.25) is 14.9 Å². The molecule has 0 aliphatic carbocycles. The maximum atomic E-state index is 13.6. The normalized spacial score (nSPS) is 18.2. The van der Waals surface area contributed by atoms with Gasteiger partial charge < -0.3 is 14.6 Å². The van der Waals surface area contributed by atoms with Gasteiger partial charge in [-0.25, -0.2) is 13.8 Å². The molecule has 4 rings (SSSR count). The van der Waals surface area contributed by atoms with Crippen LogP contribution in [0.3, 0.4) is 0 Å². The van der Waals surface area contributed by atoms with Crippen molar-refractivity contribution in [3.8, 4) is 0 Å². The quantitative estimate of drug-likeness (QED) is 0.364. The van der Waals surface area contributed by atoms with Crippen molar-refractivity contribution in [2.24, 2.45) is 7.05 Å². The maximum absolute atomic E-state index is 13.6. The number of halogens is 2. The molecule has 8 nitrogen and oxygen atoms in total. The van der Waals surface area contributed by atoms with Crippen LogP contribution >= 0.6 is 0 Å². The molecule has 0 bridgehead atoms. The third kappa shape index (κ3) is 4.02. The van der Waals surface area contributed by atoms with E-state index in [-0.39, 0.29) is 22.8 Å². The Morgan fingerprint density at radius 1 is 1.26 bits per heavy atom. The van der Waals surface area contributed by atoms with Crippen LogP contribution in [0.2, 0.25) is 0 Å².